The second-order valence-corrected chi connectivity index (χ2v) is 7.09. The number of thiazole rings is 1. The highest BCUT2D eigenvalue weighted by molar-refractivity contribution is 7.73. The van der Waals surface area contributed by atoms with Crippen LogP contribution < -0.4 is 5.32 Å². The van der Waals surface area contributed by atoms with Crippen LogP contribution in [0, 0.1) is 16.8 Å². The van der Waals surface area contributed by atoms with Gasteiger partial charge in [0.1, 0.15) is 6.54 Å². The molecule has 0 unspecified atom stereocenters. The number of aryl methyl sites for hydroxylation is 1. The van der Waals surface area contributed by atoms with E-state index in [1.807, 2.05) is 9.95 Å². The van der Waals surface area contributed by atoms with Gasteiger partial charge in [0.15, 0.2) is 3.95 Å². The van der Waals surface area contributed by atoms with Crippen LogP contribution in [-0.4, -0.2) is 17.0 Å². The van der Waals surface area contributed by atoms with Gasteiger partial charge in [-0.1, -0.05) is 29.8 Å². The number of nitrogens with zero attached hydrogens (tertiary/aromatic N) is 1. The number of carbonyl (C=O) groups is 1. The number of benzene rings is 1. The minimum absolute atomic E-state index is 0.0461. The summed E-state index contributed by atoms with van der Waals surface area (Å²) >= 11 is 6.87. The molecule has 1 saturated carbocycles. The first-order valence-corrected chi connectivity index (χ1v) is 8.44. The number of aromatic nitrogens is 1. The van der Waals surface area contributed by atoms with E-state index in [9.17, 15) is 4.79 Å². The molecular formula is C16H18N2OS2. The van der Waals surface area contributed by atoms with Crippen LogP contribution in [0.5, 0.6) is 0 Å². The third-order valence-corrected chi connectivity index (χ3v) is 4.99. The highest BCUT2D eigenvalue weighted by Crippen LogP contribution is 2.27. The summed E-state index contributed by atoms with van der Waals surface area (Å²) in [6.07, 6.45) is 2.49. The van der Waals surface area contributed by atoms with Gasteiger partial charge in [-0.25, -0.2) is 0 Å². The number of nitrogens with one attached hydrogen (secondary N) is 1. The normalized spacial score (nSPS) is 14.1. The Morgan fingerprint density at radius 1 is 1.38 bits per heavy atom. The Morgan fingerprint density at radius 2 is 2.10 bits per heavy atom. The highest BCUT2D eigenvalue weighted by Gasteiger charge is 2.21. The zero-order valence-electron chi connectivity index (χ0n) is 12.0. The van der Waals surface area contributed by atoms with Crippen LogP contribution in [0.4, 0.5) is 0 Å². The zero-order chi connectivity index (χ0) is 14.8. The third kappa shape index (κ3) is 3.60. The first-order chi connectivity index (χ1) is 10.1. The predicted octanol–water partition coefficient (Wildman–Crippen LogP) is 3.78. The van der Waals surface area contributed by atoms with Crippen molar-refractivity contribution >= 4 is 29.5 Å². The Hall–Kier alpha value is -1.46. The van der Waals surface area contributed by atoms with Crippen LogP contribution in [0.3, 0.4) is 0 Å². The Kier molecular flexibility index (Phi) is 4.22. The Morgan fingerprint density at radius 3 is 2.76 bits per heavy atom. The van der Waals surface area contributed by atoms with Crippen LogP contribution in [-0.2, 0) is 11.3 Å². The minimum atomic E-state index is 0.0461. The Bertz CT molecular complexity index is 696. The van der Waals surface area contributed by atoms with E-state index < -0.39 is 0 Å². The molecule has 0 radical (unpaired) electrons. The number of amides is 1. The zero-order valence-corrected chi connectivity index (χ0v) is 13.6. The number of hydrogen-bond acceptors (Lipinski definition) is 3. The largest absolute Gasteiger partial charge is 0.354 e. The summed E-state index contributed by atoms with van der Waals surface area (Å²) in [4.78, 5) is 12.1. The van der Waals surface area contributed by atoms with E-state index in [1.165, 1.54) is 29.7 Å². The van der Waals surface area contributed by atoms with Crippen LogP contribution in [0.2, 0.25) is 0 Å². The van der Waals surface area contributed by atoms with Crippen molar-refractivity contribution in [2.24, 2.45) is 5.92 Å². The van der Waals surface area contributed by atoms with E-state index in [1.54, 1.807) is 0 Å². The lowest BCUT2D eigenvalue weighted by molar-refractivity contribution is -0.121. The first kappa shape index (κ1) is 14.5. The van der Waals surface area contributed by atoms with Gasteiger partial charge in [-0.2, -0.15) is 0 Å². The lowest BCUT2D eigenvalue weighted by Gasteiger charge is -2.09. The van der Waals surface area contributed by atoms with Crippen molar-refractivity contribution in [3.63, 3.8) is 0 Å². The molecule has 1 aromatic heterocycles. The smallest absolute Gasteiger partial charge is 0.240 e. The van der Waals surface area contributed by atoms with E-state index in [-0.39, 0.29) is 5.91 Å². The van der Waals surface area contributed by atoms with E-state index >= 15 is 0 Å². The second kappa shape index (κ2) is 6.12. The van der Waals surface area contributed by atoms with Crippen molar-refractivity contribution in [3.8, 4) is 11.3 Å². The molecule has 1 heterocycles. The Labute approximate surface area is 133 Å². The molecule has 3 nitrogen and oxygen atoms in total. The van der Waals surface area contributed by atoms with Crippen LogP contribution in [0.1, 0.15) is 18.4 Å². The lowest BCUT2D eigenvalue weighted by atomic mass is 10.1. The van der Waals surface area contributed by atoms with Crippen molar-refractivity contribution in [2.75, 3.05) is 6.54 Å². The topological polar surface area (TPSA) is 34.0 Å². The number of rotatable bonds is 5. The molecule has 0 saturated heterocycles. The monoisotopic (exact) mass is 318 g/mol. The average molecular weight is 318 g/mol. The summed E-state index contributed by atoms with van der Waals surface area (Å²) in [7, 11) is 0. The van der Waals surface area contributed by atoms with Crippen molar-refractivity contribution in [1.82, 2.24) is 9.88 Å². The summed E-state index contributed by atoms with van der Waals surface area (Å²) in [6.45, 7) is 3.17. The van der Waals surface area contributed by atoms with Crippen molar-refractivity contribution < 1.29 is 4.79 Å². The molecule has 3 rings (SSSR count). The average Bonchev–Trinajstić information content (AvgIpc) is 3.24. The maximum Gasteiger partial charge on any atom is 0.240 e. The van der Waals surface area contributed by atoms with Crippen molar-refractivity contribution in [1.29, 1.82) is 0 Å². The molecule has 1 fully saturated rings. The summed E-state index contributed by atoms with van der Waals surface area (Å²) in [5, 5.41) is 5.03. The van der Waals surface area contributed by atoms with Gasteiger partial charge in [0, 0.05) is 11.9 Å². The molecule has 110 valence electrons. The third-order valence-electron chi connectivity index (χ3n) is 3.72. The number of carbonyl (C=O) groups excluding carboxylic acids is 1. The van der Waals surface area contributed by atoms with Crippen molar-refractivity contribution in [2.45, 2.75) is 26.3 Å². The molecule has 0 aliphatic heterocycles. The molecular weight excluding hydrogens is 300 g/mol. The minimum Gasteiger partial charge on any atom is -0.354 e. The van der Waals surface area contributed by atoms with E-state index in [2.05, 4.69) is 36.5 Å². The van der Waals surface area contributed by atoms with E-state index in [0.717, 1.165) is 21.8 Å². The molecule has 0 spiro atoms. The lowest BCUT2D eigenvalue weighted by Crippen LogP contribution is -2.29. The molecule has 21 heavy (non-hydrogen) atoms. The molecule has 0 atom stereocenters. The van der Waals surface area contributed by atoms with Gasteiger partial charge in [0.25, 0.3) is 0 Å². The van der Waals surface area contributed by atoms with Gasteiger partial charge in [-0.3, -0.25) is 4.79 Å². The fraction of sp³-hybridized carbons (Fsp3) is 0.375. The van der Waals surface area contributed by atoms with Gasteiger partial charge < -0.3 is 9.88 Å². The molecule has 2 aromatic rings. The van der Waals surface area contributed by atoms with Gasteiger partial charge in [0.2, 0.25) is 5.91 Å². The highest BCUT2D eigenvalue weighted by atomic mass is 32.1. The standard InChI is InChI=1S/C16H18N2OS2/c1-11-2-6-13(7-3-11)14-10-21-16(20)18(14)9-15(19)17-8-12-4-5-12/h2-3,6-7,10,12H,4-5,8-9H2,1H3,(H,17,19). The van der Waals surface area contributed by atoms with E-state index in [4.69, 9.17) is 12.2 Å². The van der Waals surface area contributed by atoms with E-state index in [0.29, 0.717) is 12.5 Å². The predicted molar refractivity (Wildman–Crippen MR) is 89.0 cm³/mol. The fourth-order valence-corrected chi connectivity index (χ4v) is 3.28. The molecule has 1 aliphatic rings. The molecule has 1 N–H and O–H groups in total. The molecule has 5 heteroatoms. The molecule has 1 aromatic carbocycles. The van der Waals surface area contributed by atoms with Gasteiger partial charge >= 0.3 is 0 Å². The van der Waals surface area contributed by atoms with Gasteiger partial charge in [-0.05, 0) is 43.5 Å². The number of hydrogen-bond donors (Lipinski definition) is 1. The first-order valence-electron chi connectivity index (χ1n) is 7.15. The summed E-state index contributed by atoms with van der Waals surface area (Å²) < 4.78 is 2.67. The maximum atomic E-state index is 12.1. The SMILES string of the molecule is Cc1ccc(-c2csc(=S)n2CC(=O)NCC2CC2)cc1. The van der Waals surface area contributed by atoms with Crippen LogP contribution in [0.25, 0.3) is 11.3 Å². The molecule has 1 aliphatic carbocycles. The molecule has 0 bridgehead atoms. The van der Waals surface area contributed by atoms with Crippen LogP contribution >= 0.6 is 23.6 Å². The summed E-state index contributed by atoms with van der Waals surface area (Å²) in [5.41, 5.74) is 3.34. The maximum absolute atomic E-state index is 12.1. The Balaban J connectivity index is 1.77. The quantitative estimate of drug-likeness (QED) is 0.851. The van der Waals surface area contributed by atoms with Crippen LogP contribution in [0.15, 0.2) is 29.6 Å². The van der Waals surface area contributed by atoms with Crippen molar-refractivity contribution in [3.05, 3.63) is 39.2 Å². The molecule has 1 amide bonds. The van der Waals surface area contributed by atoms with Gasteiger partial charge in [-0.15, -0.1) is 11.3 Å². The summed E-state index contributed by atoms with van der Waals surface area (Å²) in [6, 6.07) is 8.30. The van der Waals surface area contributed by atoms with Gasteiger partial charge in [0.05, 0.1) is 5.69 Å². The fourth-order valence-electron chi connectivity index (χ4n) is 2.21. The summed E-state index contributed by atoms with van der Waals surface area (Å²) in [5.74, 6) is 0.741. The second-order valence-electron chi connectivity index (χ2n) is 5.59.